The molecule has 0 aliphatic heterocycles. The van der Waals surface area contributed by atoms with E-state index < -0.39 is 11.9 Å². The zero-order valence-electron chi connectivity index (χ0n) is 15.4. The molecule has 2 aromatic carbocycles. The summed E-state index contributed by atoms with van der Waals surface area (Å²) < 4.78 is 11.1. The average Bonchev–Trinajstić information content (AvgIpc) is 2.67. The van der Waals surface area contributed by atoms with Crippen molar-refractivity contribution in [3.8, 4) is 11.5 Å². The van der Waals surface area contributed by atoms with Crippen molar-refractivity contribution in [1.82, 2.24) is 5.32 Å². The first-order valence-electron chi connectivity index (χ1n) is 8.37. The molecule has 0 fully saturated rings. The summed E-state index contributed by atoms with van der Waals surface area (Å²) in [4.78, 5) is 18.2. The molecule has 2 aromatic rings. The van der Waals surface area contributed by atoms with Gasteiger partial charge in [0.2, 0.25) is 0 Å². The van der Waals surface area contributed by atoms with Crippen LogP contribution in [0.1, 0.15) is 5.56 Å². The second-order valence-electron chi connectivity index (χ2n) is 5.71. The molecular formula is C20H25NO6. The molecule has 3 N–H and O–H groups in total. The molecule has 0 aromatic heterocycles. The molecule has 146 valence electrons. The predicted molar refractivity (Wildman–Crippen MR) is 101 cm³/mol. The van der Waals surface area contributed by atoms with Crippen LogP contribution in [0.4, 0.5) is 0 Å². The van der Waals surface area contributed by atoms with Crippen molar-refractivity contribution in [1.29, 1.82) is 0 Å². The number of benzene rings is 2. The molecule has 0 amide bonds. The minimum Gasteiger partial charge on any atom is -0.497 e. The van der Waals surface area contributed by atoms with Crippen molar-refractivity contribution < 1.29 is 29.3 Å². The topological polar surface area (TPSA) is 105 Å². The molecule has 0 heterocycles. The van der Waals surface area contributed by atoms with E-state index in [4.69, 9.17) is 29.3 Å². The Morgan fingerprint density at radius 2 is 1.63 bits per heavy atom. The van der Waals surface area contributed by atoms with Crippen LogP contribution in [0, 0.1) is 5.92 Å². The summed E-state index contributed by atoms with van der Waals surface area (Å²) in [5.74, 6) is -1.54. The largest absolute Gasteiger partial charge is 0.497 e. The first-order valence-corrected chi connectivity index (χ1v) is 8.37. The highest BCUT2D eigenvalue weighted by Gasteiger charge is 2.10. The maximum absolute atomic E-state index is 9.10. The van der Waals surface area contributed by atoms with E-state index in [9.17, 15) is 0 Å². The highest BCUT2D eigenvalue weighted by atomic mass is 16.5. The Morgan fingerprint density at radius 3 is 2.19 bits per heavy atom. The van der Waals surface area contributed by atoms with Gasteiger partial charge in [-0.25, -0.2) is 9.59 Å². The van der Waals surface area contributed by atoms with Crippen LogP contribution in [0.15, 0.2) is 54.6 Å². The van der Waals surface area contributed by atoms with Crippen LogP contribution in [0.2, 0.25) is 0 Å². The number of carboxylic acids is 2. The fourth-order valence-electron chi connectivity index (χ4n) is 2.33. The monoisotopic (exact) mass is 375 g/mol. The number of rotatable bonds is 8. The first kappa shape index (κ1) is 22.0. The van der Waals surface area contributed by atoms with Crippen LogP contribution in [0.3, 0.4) is 0 Å². The van der Waals surface area contributed by atoms with Crippen molar-refractivity contribution in [2.24, 2.45) is 5.92 Å². The van der Waals surface area contributed by atoms with E-state index in [0.717, 1.165) is 24.5 Å². The fraction of sp³-hybridized carbons (Fsp3) is 0.300. The van der Waals surface area contributed by atoms with E-state index in [1.165, 1.54) is 5.56 Å². The molecule has 0 aliphatic rings. The van der Waals surface area contributed by atoms with Crippen molar-refractivity contribution in [3.63, 3.8) is 0 Å². The molecule has 0 aliphatic carbocycles. The van der Waals surface area contributed by atoms with Crippen LogP contribution in [0.25, 0.3) is 0 Å². The van der Waals surface area contributed by atoms with Gasteiger partial charge in [-0.2, -0.15) is 0 Å². The zero-order chi connectivity index (χ0) is 20.1. The molecule has 0 saturated heterocycles. The number of ether oxygens (including phenoxy) is 2. The van der Waals surface area contributed by atoms with Gasteiger partial charge >= 0.3 is 11.9 Å². The summed E-state index contributed by atoms with van der Waals surface area (Å²) in [6.07, 6.45) is 1.01. The number of carboxylic acid groups (broad SMARTS) is 2. The minimum atomic E-state index is -1.82. The Morgan fingerprint density at radius 1 is 1.00 bits per heavy atom. The van der Waals surface area contributed by atoms with E-state index in [2.05, 4.69) is 29.6 Å². The standard InChI is InChI=1S/C18H23NO2.C2H2O4/c1-19-13-16(11-15-7-4-3-5-8-15)14-21-18-10-6-9-17(12-18)20-2;3-1(4)2(5)6/h3-10,12,16,19H,11,13-14H2,1-2H3;(H,3,4)(H,5,6). The van der Waals surface area contributed by atoms with E-state index in [1.54, 1.807) is 7.11 Å². The second-order valence-corrected chi connectivity index (χ2v) is 5.71. The maximum atomic E-state index is 9.10. The van der Waals surface area contributed by atoms with Crippen molar-refractivity contribution in [2.75, 3.05) is 27.3 Å². The lowest BCUT2D eigenvalue weighted by molar-refractivity contribution is -0.159. The molecule has 0 saturated carbocycles. The zero-order valence-corrected chi connectivity index (χ0v) is 15.4. The third-order valence-electron chi connectivity index (χ3n) is 3.57. The SMILES string of the molecule is CNCC(COc1cccc(OC)c1)Cc1ccccc1.O=C(O)C(=O)O. The van der Waals surface area contributed by atoms with Gasteiger partial charge in [-0.3, -0.25) is 0 Å². The Labute approximate surface area is 158 Å². The smallest absolute Gasteiger partial charge is 0.414 e. The third-order valence-corrected chi connectivity index (χ3v) is 3.57. The summed E-state index contributed by atoms with van der Waals surface area (Å²) in [5, 5.41) is 18.0. The normalized spacial score (nSPS) is 10.9. The van der Waals surface area contributed by atoms with Crippen LogP contribution in [-0.2, 0) is 16.0 Å². The number of hydrogen-bond acceptors (Lipinski definition) is 5. The number of aliphatic carboxylic acids is 2. The van der Waals surface area contributed by atoms with Crippen LogP contribution in [0.5, 0.6) is 11.5 Å². The molecule has 7 nitrogen and oxygen atoms in total. The lowest BCUT2D eigenvalue weighted by Gasteiger charge is -2.18. The van der Waals surface area contributed by atoms with E-state index in [1.807, 2.05) is 37.4 Å². The van der Waals surface area contributed by atoms with Crippen LogP contribution in [-0.4, -0.2) is 49.5 Å². The van der Waals surface area contributed by atoms with E-state index in [-0.39, 0.29) is 0 Å². The molecule has 2 rings (SSSR count). The summed E-state index contributed by atoms with van der Waals surface area (Å²) in [7, 11) is 3.64. The highest BCUT2D eigenvalue weighted by molar-refractivity contribution is 6.27. The van der Waals surface area contributed by atoms with Crippen LogP contribution >= 0.6 is 0 Å². The van der Waals surface area contributed by atoms with Crippen molar-refractivity contribution in [3.05, 3.63) is 60.2 Å². The summed E-state index contributed by atoms with van der Waals surface area (Å²) in [5.41, 5.74) is 1.34. The van der Waals surface area contributed by atoms with Gasteiger partial charge in [0, 0.05) is 18.5 Å². The number of hydrogen-bond donors (Lipinski definition) is 3. The number of methoxy groups -OCH3 is 1. The third kappa shape index (κ3) is 9.27. The van der Waals surface area contributed by atoms with Gasteiger partial charge in [0.1, 0.15) is 11.5 Å². The van der Waals surface area contributed by atoms with Gasteiger partial charge in [0.15, 0.2) is 0 Å². The molecule has 0 spiro atoms. The molecule has 1 unspecified atom stereocenters. The minimum absolute atomic E-state index is 0.434. The fourth-order valence-corrected chi connectivity index (χ4v) is 2.33. The Hall–Kier alpha value is -3.06. The maximum Gasteiger partial charge on any atom is 0.414 e. The van der Waals surface area contributed by atoms with Gasteiger partial charge < -0.3 is 25.0 Å². The lowest BCUT2D eigenvalue weighted by Crippen LogP contribution is -2.26. The Bertz CT molecular complexity index is 693. The van der Waals surface area contributed by atoms with Gasteiger partial charge in [0.25, 0.3) is 0 Å². The molecule has 0 radical (unpaired) electrons. The average molecular weight is 375 g/mol. The van der Waals surface area contributed by atoms with E-state index in [0.29, 0.717) is 12.5 Å². The van der Waals surface area contributed by atoms with Crippen molar-refractivity contribution >= 4 is 11.9 Å². The molecule has 7 heteroatoms. The van der Waals surface area contributed by atoms with Gasteiger partial charge in [-0.15, -0.1) is 0 Å². The second kappa shape index (κ2) is 12.3. The lowest BCUT2D eigenvalue weighted by atomic mass is 10.00. The number of carbonyl (C=O) groups is 2. The highest BCUT2D eigenvalue weighted by Crippen LogP contribution is 2.20. The molecular weight excluding hydrogens is 350 g/mol. The molecule has 0 bridgehead atoms. The summed E-state index contributed by atoms with van der Waals surface area (Å²) in [6.45, 7) is 1.61. The summed E-state index contributed by atoms with van der Waals surface area (Å²) >= 11 is 0. The molecule has 27 heavy (non-hydrogen) atoms. The van der Waals surface area contributed by atoms with Gasteiger partial charge in [-0.1, -0.05) is 36.4 Å². The van der Waals surface area contributed by atoms with Crippen LogP contribution < -0.4 is 14.8 Å². The predicted octanol–water partition coefficient (Wildman–Crippen LogP) is 2.31. The first-order chi connectivity index (χ1) is 13.0. The van der Waals surface area contributed by atoms with Crippen molar-refractivity contribution in [2.45, 2.75) is 6.42 Å². The molecule has 1 atom stereocenters. The van der Waals surface area contributed by atoms with E-state index >= 15 is 0 Å². The summed E-state index contributed by atoms with van der Waals surface area (Å²) in [6, 6.07) is 18.3. The van der Waals surface area contributed by atoms with Gasteiger partial charge in [-0.05, 0) is 31.2 Å². The quantitative estimate of drug-likeness (QED) is 0.608. The Balaban J connectivity index is 0.000000527. The van der Waals surface area contributed by atoms with Gasteiger partial charge in [0.05, 0.1) is 13.7 Å². The number of nitrogens with one attached hydrogen (secondary N) is 1. The Kier molecular flexibility index (Phi) is 10.0.